The van der Waals surface area contributed by atoms with E-state index in [-0.39, 0.29) is 18.4 Å². The van der Waals surface area contributed by atoms with E-state index >= 15 is 0 Å². The van der Waals surface area contributed by atoms with E-state index in [0.29, 0.717) is 5.56 Å². The van der Waals surface area contributed by atoms with E-state index in [2.05, 4.69) is 59.2 Å². The quantitative estimate of drug-likeness (QED) is 0.158. The molecule has 1 aromatic heterocycles. The van der Waals surface area contributed by atoms with E-state index in [9.17, 15) is 4.79 Å². The number of halogens is 1. The van der Waals surface area contributed by atoms with Crippen LogP contribution in [0.4, 0.5) is 0 Å². The second kappa shape index (κ2) is 9.60. The highest BCUT2D eigenvalue weighted by Crippen LogP contribution is 2.33. The normalized spacial score (nSPS) is 11.0. The molecule has 0 amide bonds. The van der Waals surface area contributed by atoms with E-state index in [1.807, 2.05) is 24.3 Å². The largest absolute Gasteiger partial charge is 1.00 e. The average molecular weight is 510 g/mol. The van der Waals surface area contributed by atoms with Crippen molar-refractivity contribution in [2.24, 2.45) is 0 Å². The highest BCUT2D eigenvalue weighted by molar-refractivity contribution is 6.13. The molecule has 0 aliphatic heterocycles. The standard InChI is InChI=1S/C31H24NO4.ClH/c1-34-23-10-12-25-20(16-23)6-14-29-27(25)18-28-26-13-11-24(35-2)17-21(26)7-15-30(28)32(29)22-8-4-19(5-9-22)31(33)36-3;/h4-18H,1-3H3;1H/q+1;/p-1. The number of aromatic nitrogens is 1. The molecule has 0 N–H and O–H groups in total. The van der Waals surface area contributed by atoms with E-state index in [0.717, 1.165) is 60.5 Å². The molecular formula is C31H24ClNO4. The summed E-state index contributed by atoms with van der Waals surface area (Å²) in [6.07, 6.45) is 0. The lowest BCUT2D eigenvalue weighted by Crippen LogP contribution is -3.00. The van der Waals surface area contributed by atoms with Gasteiger partial charge in [-0.05, 0) is 88.3 Å². The number of esters is 1. The lowest BCUT2D eigenvalue weighted by molar-refractivity contribution is -0.537. The molecule has 6 aromatic rings. The molecule has 0 bridgehead atoms. The minimum absolute atomic E-state index is 0. The molecule has 0 spiro atoms. The molecule has 6 rings (SSSR count). The zero-order valence-electron chi connectivity index (χ0n) is 20.6. The van der Waals surface area contributed by atoms with Crippen LogP contribution in [-0.4, -0.2) is 27.3 Å². The number of hydrogen-bond donors (Lipinski definition) is 0. The molecule has 5 aromatic carbocycles. The average Bonchev–Trinajstić information content (AvgIpc) is 2.94. The van der Waals surface area contributed by atoms with Gasteiger partial charge in [-0.15, -0.1) is 0 Å². The minimum Gasteiger partial charge on any atom is -1.00 e. The Morgan fingerprint density at radius 1 is 0.595 bits per heavy atom. The maximum Gasteiger partial charge on any atom is 0.337 e. The number of ether oxygens (including phenoxy) is 3. The zero-order valence-corrected chi connectivity index (χ0v) is 21.4. The predicted octanol–water partition coefficient (Wildman–Crippen LogP) is 3.38. The van der Waals surface area contributed by atoms with Gasteiger partial charge >= 0.3 is 5.97 Å². The first-order valence-electron chi connectivity index (χ1n) is 11.7. The summed E-state index contributed by atoms with van der Waals surface area (Å²) in [6.45, 7) is 0. The van der Waals surface area contributed by atoms with Gasteiger partial charge in [-0.1, -0.05) is 0 Å². The van der Waals surface area contributed by atoms with Gasteiger partial charge in [0.05, 0.1) is 37.7 Å². The maximum atomic E-state index is 12.0. The summed E-state index contributed by atoms with van der Waals surface area (Å²) in [5.41, 5.74) is 3.61. The third-order valence-corrected chi connectivity index (χ3v) is 6.81. The molecule has 0 fully saturated rings. The van der Waals surface area contributed by atoms with Crippen LogP contribution in [0.25, 0.3) is 49.0 Å². The van der Waals surface area contributed by atoms with Crippen LogP contribution in [0.5, 0.6) is 11.5 Å². The monoisotopic (exact) mass is 509 g/mol. The van der Waals surface area contributed by atoms with Gasteiger partial charge in [-0.3, -0.25) is 0 Å². The number of rotatable bonds is 4. The number of nitrogens with zero attached hydrogens (tertiary/aromatic N) is 1. The molecule has 0 saturated heterocycles. The topological polar surface area (TPSA) is 48.6 Å². The van der Waals surface area contributed by atoms with Crippen LogP contribution < -0.4 is 26.4 Å². The van der Waals surface area contributed by atoms with Crippen molar-refractivity contribution >= 4 is 49.3 Å². The van der Waals surface area contributed by atoms with Crippen LogP contribution in [0.2, 0.25) is 0 Å². The van der Waals surface area contributed by atoms with Crippen LogP contribution in [-0.2, 0) is 4.74 Å². The lowest BCUT2D eigenvalue weighted by Gasteiger charge is -2.11. The molecule has 0 saturated carbocycles. The van der Waals surface area contributed by atoms with Crippen LogP contribution in [0.3, 0.4) is 0 Å². The van der Waals surface area contributed by atoms with E-state index < -0.39 is 0 Å². The SMILES string of the molecule is COC(=O)c1ccc(-[n+]2c3ccc4cc(OC)ccc4c3cc3c4ccc(OC)cc4ccc32)cc1.[Cl-]. The van der Waals surface area contributed by atoms with Crippen molar-refractivity contribution in [3.8, 4) is 17.2 Å². The van der Waals surface area contributed by atoms with Gasteiger partial charge in [0.1, 0.15) is 11.5 Å². The summed E-state index contributed by atoms with van der Waals surface area (Å²) in [6, 6.07) is 30.7. The molecule has 0 radical (unpaired) electrons. The fourth-order valence-electron chi connectivity index (χ4n) is 5.00. The fourth-order valence-corrected chi connectivity index (χ4v) is 5.00. The first-order valence-corrected chi connectivity index (χ1v) is 11.7. The van der Waals surface area contributed by atoms with Gasteiger partial charge in [0.2, 0.25) is 16.7 Å². The Labute approximate surface area is 220 Å². The number of methoxy groups -OCH3 is 3. The van der Waals surface area contributed by atoms with Gasteiger partial charge < -0.3 is 26.6 Å². The summed E-state index contributed by atoms with van der Waals surface area (Å²) < 4.78 is 18.1. The number of carbonyl (C=O) groups excluding carboxylic acids is 1. The van der Waals surface area contributed by atoms with Crippen molar-refractivity contribution in [1.29, 1.82) is 0 Å². The Morgan fingerprint density at radius 3 is 1.57 bits per heavy atom. The van der Waals surface area contributed by atoms with Gasteiger partial charge in [0, 0.05) is 24.3 Å². The molecule has 6 heteroatoms. The maximum absolute atomic E-state index is 12.0. The minimum atomic E-state index is -0.353. The molecular weight excluding hydrogens is 486 g/mol. The first-order chi connectivity index (χ1) is 17.6. The van der Waals surface area contributed by atoms with Crippen molar-refractivity contribution < 1.29 is 36.0 Å². The zero-order chi connectivity index (χ0) is 24.8. The Hall–Kier alpha value is -4.35. The smallest absolute Gasteiger partial charge is 0.337 e. The lowest BCUT2D eigenvalue weighted by atomic mass is 9.98. The summed E-state index contributed by atoms with van der Waals surface area (Å²) in [4.78, 5) is 12.0. The second-order valence-electron chi connectivity index (χ2n) is 8.69. The van der Waals surface area contributed by atoms with Gasteiger partial charge in [-0.2, -0.15) is 4.57 Å². The van der Waals surface area contributed by atoms with Crippen LogP contribution in [0.1, 0.15) is 10.4 Å². The number of benzene rings is 5. The van der Waals surface area contributed by atoms with Crippen LogP contribution >= 0.6 is 0 Å². The molecule has 5 nitrogen and oxygen atoms in total. The molecule has 1 heterocycles. The van der Waals surface area contributed by atoms with Crippen molar-refractivity contribution in [3.05, 3.63) is 96.6 Å². The van der Waals surface area contributed by atoms with Crippen molar-refractivity contribution in [2.75, 3.05) is 21.3 Å². The molecule has 0 aliphatic rings. The first kappa shape index (κ1) is 24.3. The fraction of sp³-hybridized carbons (Fsp3) is 0.0968. The summed E-state index contributed by atoms with van der Waals surface area (Å²) in [5.74, 6) is 1.30. The number of pyridine rings is 1. The number of fused-ring (bicyclic) bond motifs is 6. The van der Waals surface area contributed by atoms with E-state index in [1.165, 1.54) is 7.11 Å². The van der Waals surface area contributed by atoms with Crippen molar-refractivity contribution in [2.45, 2.75) is 0 Å². The summed E-state index contributed by atoms with van der Waals surface area (Å²) in [5, 5.41) is 6.75. The predicted molar refractivity (Wildman–Crippen MR) is 142 cm³/mol. The molecule has 0 unspecified atom stereocenters. The highest BCUT2D eigenvalue weighted by atomic mass is 35.5. The Balaban J connectivity index is 0.00000280. The molecule has 37 heavy (non-hydrogen) atoms. The molecule has 0 atom stereocenters. The number of hydrogen-bond acceptors (Lipinski definition) is 4. The summed E-state index contributed by atoms with van der Waals surface area (Å²) in [7, 11) is 4.76. The second-order valence-corrected chi connectivity index (χ2v) is 8.69. The van der Waals surface area contributed by atoms with Gasteiger partial charge in [-0.25, -0.2) is 4.79 Å². The third kappa shape index (κ3) is 3.98. The van der Waals surface area contributed by atoms with Crippen LogP contribution in [0, 0.1) is 0 Å². The molecule has 0 aliphatic carbocycles. The van der Waals surface area contributed by atoms with Crippen LogP contribution in [0.15, 0.2) is 91.0 Å². The van der Waals surface area contributed by atoms with Crippen molar-refractivity contribution in [1.82, 2.24) is 0 Å². The Kier molecular flexibility index (Phi) is 6.32. The Bertz CT molecular complexity index is 1710. The van der Waals surface area contributed by atoms with Gasteiger partial charge in [0.15, 0.2) is 0 Å². The van der Waals surface area contributed by atoms with E-state index in [1.54, 1.807) is 26.4 Å². The highest BCUT2D eigenvalue weighted by Gasteiger charge is 2.22. The molecule has 184 valence electrons. The third-order valence-electron chi connectivity index (χ3n) is 6.81. The van der Waals surface area contributed by atoms with E-state index in [4.69, 9.17) is 14.2 Å². The van der Waals surface area contributed by atoms with Gasteiger partial charge in [0.25, 0.3) is 0 Å². The summed E-state index contributed by atoms with van der Waals surface area (Å²) >= 11 is 0. The number of carbonyl (C=O) groups is 1. The Morgan fingerprint density at radius 2 is 1.11 bits per heavy atom. The van der Waals surface area contributed by atoms with Crippen molar-refractivity contribution in [3.63, 3.8) is 0 Å².